The van der Waals surface area contributed by atoms with Crippen LogP contribution in [0.1, 0.15) is 20.7 Å². The van der Waals surface area contributed by atoms with Crippen LogP contribution in [0.5, 0.6) is 11.5 Å². The van der Waals surface area contributed by atoms with Crippen LogP contribution >= 0.6 is 0 Å². The van der Waals surface area contributed by atoms with Gasteiger partial charge in [-0.05, 0) is 24.3 Å². The minimum absolute atomic E-state index is 0.00183. The molecular weight excluding hydrogens is 380 g/mol. The molecule has 0 bridgehead atoms. The Morgan fingerprint density at radius 3 is 1.11 bits per heavy atom. The smallest absolute Gasteiger partial charge is 0.343 e. The summed E-state index contributed by atoms with van der Waals surface area (Å²) in [7, 11) is 0. The second-order valence-electron chi connectivity index (χ2n) is 5.57. The molecule has 0 spiro atoms. The summed E-state index contributed by atoms with van der Waals surface area (Å²) in [6, 6.07) is 9.50. The molecule has 3 aromatic carbocycles. The molecule has 0 amide bonds. The van der Waals surface area contributed by atoms with Crippen LogP contribution in [0.2, 0.25) is 0 Å². The van der Waals surface area contributed by atoms with Gasteiger partial charge in [0.05, 0.1) is 11.1 Å². The van der Waals surface area contributed by atoms with E-state index in [9.17, 15) is 27.2 Å². The normalized spacial score (nSPS) is 10.4. The summed E-state index contributed by atoms with van der Waals surface area (Å²) in [5, 5.41) is 0. The molecule has 0 heterocycles. The molecule has 0 N–H and O–H groups in total. The molecule has 0 atom stereocenters. The number of halogens is 4. The fraction of sp³-hybridized carbons (Fsp3) is 0. The van der Waals surface area contributed by atoms with Crippen molar-refractivity contribution >= 4 is 11.9 Å². The van der Waals surface area contributed by atoms with Crippen LogP contribution in [0.25, 0.3) is 0 Å². The second kappa shape index (κ2) is 7.91. The molecule has 0 aliphatic heterocycles. The first-order valence-electron chi connectivity index (χ1n) is 7.77. The lowest BCUT2D eigenvalue weighted by Gasteiger charge is -2.07. The van der Waals surface area contributed by atoms with Gasteiger partial charge >= 0.3 is 11.9 Å². The van der Waals surface area contributed by atoms with Gasteiger partial charge in [-0.2, -0.15) is 0 Å². The van der Waals surface area contributed by atoms with E-state index in [4.69, 9.17) is 9.47 Å². The second-order valence-corrected chi connectivity index (χ2v) is 5.57. The van der Waals surface area contributed by atoms with Crippen molar-refractivity contribution in [2.24, 2.45) is 0 Å². The Balaban J connectivity index is 1.69. The molecule has 0 saturated heterocycles. The van der Waals surface area contributed by atoms with Crippen LogP contribution in [-0.2, 0) is 0 Å². The molecule has 4 nitrogen and oxygen atoms in total. The van der Waals surface area contributed by atoms with Gasteiger partial charge < -0.3 is 9.47 Å². The highest BCUT2D eigenvalue weighted by molar-refractivity contribution is 5.94. The molecule has 0 fully saturated rings. The van der Waals surface area contributed by atoms with E-state index >= 15 is 0 Å². The number of rotatable bonds is 4. The summed E-state index contributed by atoms with van der Waals surface area (Å²) in [4.78, 5) is 24.0. The largest absolute Gasteiger partial charge is 0.423 e. The lowest BCUT2D eigenvalue weighted by molar-refractivity contribution is 0.0719. The first-order chi connectivity index (χ1) is 13.3. The highest BCUT2D eigenvalue weighted by Crippen LogP contribution is 2.19. The van der Waals surface area contributed by atoms with E-state index in [0.29, 0.717) is 12.1 Å². The highest BCUT2D eigenvalue weighted by Gasteiger charge is 2.14. The average Bonchev–Trinajstić information content (AvgIpc) is 2.60. The van der Waals surface area contributed by atoms with Crippen LogP contribution in [0.15, 0.2) is 60.7 Å². The Hall–Kier alpha value is -3.68. The monoisotopic (exact) mass is 390 g/mol. The third-order valence-electron chi connectivity index (χ3n) is 3.45. The van der Waals surface area contributed by atoms with Gasteiger partial charge in [0.25, 0.3) is 0 Å². The minimum Gasteiger partial charge on any atom is -0.423 e. The number of hydrogen-bond donors (Lipinski definition) is 0. The molecule has 0 aliphatic rings. The van der Waals surface area contributed by atoms with Crippen molar-refractivity contribution in [1.82, 2.24) is 0 Å². The van der Waals surface area contributed by atoms with Gasteiger partial charge in [-0.25, -0.2) is 27.2 Å². The summed E-state index contributed by atoms with van der Waals surface area (Å²) in [5.74, 6) is -6.08. The lowest BCUT2D eigenvalue weighted by atomic mass is 10.1. The molecule has 8 heteroatoms. The van der Waals surface area contributed by atoms with Gasteiger partial charge in [0.2, 0.25) is 0 Å². The maximum atomic E-state index is 13.1. The zero-order chi connectivity index (χ0) is 20.3. The summed E-state index contributed by atoms with van der Waals surface area (Å²) in [5.41, 5.74) is -0.00367. The maximum absolute atomic E-state index is 13.1. The average molecular weight is 390 g/mol. The van der Waals surface area contributed by atoms with Crippen LogP contribution < -0.4 is 9.47 Å². The van der Waals surface area contributed by atoms with E-state index in [2.05, 4.69) is 0 Å². The van der Waals surface area contributed by atoms with Gasteiger partial charge in [0.1, 0.15) is 34.8 Å². The van der Waals surface area contributed by atoms with Crippen LogP contribution in [0, 0.1) is 23.3 Å². The maximum Gasteiger partial charge on any atom is 0.343 e. The van der Waals surface area contributed by atoms with Crippen molar-refractivity contribution in [3.63, 3.8) is 0 Å². The summed E-state index contributed by atoms with van der Waals surface area (Å²) in [6.45, 7) is 0. The number of carbonyl (C=O) groups excluding carboxylic acids is 2. The first kappa shape index (κ1) is 19.1. The standard InChI is InChI=1S/C20H10F4O4/c21-13-5-14(22)8-17(7-13)27-19(25)11-1-2-12(4-3-11)20(26)28-18-9-15(23)6-16(24)10-18/h1-10H. The van der Waals surface area contributed by atoms with E-state index < -0.39 is 35.2 Å². The van der Waals surface area contributed by atoms with Crippen molar-refractivity contribution in [3.05, 3.63) is 95.1 Å². The Bertz CT molecular complexity index is 924. The summed E-state index contributed by atoms with van der Waals surface area (Å²) in [6.07, 6.45) is 0. The van der Waals surface area contributed by atoms with Crippen molar-refractivity contribution in [3.8, 4) is 11.5 Å². The topological polar surface area (TPSA) is 52.6 Å². The molecule has 3 aromatic rings. The fourth-order valence-electron chi connectivity index (χ4n) is 2.25. The third kappa shape index (κ3) is 4.73. The van der Waals surface area contributed by atoms with E-state index in [1.807, 2.05) is 0 Å². The van der Waals surface area contributed by atoms with Gasteiger partial charge in [-0.15, -0.1) is 0 Å². The zero-order valence-electron chi connectivity index (χ0n) is 13.9. The third-order valence-corrected chi connectivity index (χ3v) is 3.45. The Morgan fingerprint density at radius 2 is 0.821 bits per heavy atom. The van der Waals surface area contributed by atoms with Crippen molar-refractivity contribution < 1.29 is 36.6 Å². The van der Waals surface area contributed by atoms with Crippen molar-refractivity contribution in [2.75, 3.05) is 0 Å². The number of hydrogen-bond acceptors (Lipinski definition) is 4. The Labute approximate surface area is 155 Å². The van der Waals surface area contributed by atoms with E-state index in [0.717, 1.165) is 24.3 Å². The SMILES string of the molecule is O=C(Oc1cc(F)cc(F)c1)c1ccc(C(=O)Oc2cc(F)cc(F)c2)cc1. The lowest BCUT2D eigenvalue weighted by Crippen LogP contribution is -2.11. The van der Waals surface area contributed by atoms with Gasteiger partial charge in [0, 0.05) is 36.4 Å². The summed E-state index contributed by atoms with van der Waals surface area (Å²) >= 11 is 0. The minimum atomic E-state index is -0.908. The number of esters is 2. The van der Waals surface area contributed by atoms with E-state index in [1.54, 1.807) is 0 Å². The molecule has 0 radical (unpaired) electrons. The van der Waals surface area contributed by atoms with Gasteiger partial charge in [-0.3, -0.25) is 0 Å². The predicted molar refractivity (Wildman–Crippen MR) is 89.1 cm³/mol. The quantitative estimate of drug-likeness (QED) is 0.369. The van der Waals surface area contributed by atoms with Crippen LogP contribution in [0.4, 0.5) is 17.6 Å². The predicted octanol–water partition coefficient (Wildman–Crippen LogP) is 4.68. The summed E-state index contributed by atoms with van der Waals surface area (Å²) < 4.78 is 62.2. The molecule has 142 valence electrons. The Morgan fingerprint density at radius 1 is 0.536 bits per heavy atom. The Kier molecular flexibility index (Phi) is 5.39. The molecule has 28 heavy (non-hydrogen) atoms. The number of benzene rings is 3. The number of ether oxygens (including phenoxy) is 2. The van der Waals surface area contributed by atoms with Crippen LogP contribution in [-0.4, -0.2) is 11.9 Å². The molecule has 0 saturated carbocycles. The van der Waals surface area contributed by atoms with E-state index in [1.165, 1.54) is 24.3 Å². The molecule has 3 rings (SSSR count). The van der Waals surface area contributed by atoms with Gasteiger partial charge in [-0.1, -0.05) is 0 Å². The molecule has 0 aromatic heterocycles. The zero-order valence-corrected chi connectivity index (χ0v) is 13.9. The highest BCUT2D eigenvalue weighted by atomic mass is 19.1. The first-order valence-corrected chi connectivity index (χ1v) is 7.77. The molecule has 0 unspecified atom stereocenters. The number of carbonyl (C=O) groups is 2. The molecule has 0 aliphatic carbocycles. The van der Waals surface area contributed by atoms with Crippen molar-refractivity contribution in [2.45, 2.75) is 0 Å². The van der Waals surface area contributed by atoms with Crippen LogP contribution in [0.3, 0.4) is 0 Å². The van der Waals surface area contributed by atoms with Gasteiger partial charge in [0.15, 0.2) is 0 Å². The fourth-order valence-corrected chi connectivity index (χ4v) is 2.25. The van der Waals surface area contributed by atoms with Crippen molar-refractivity contribution in [1.29, 1.82) is 0 Å². The molecular formula is C20H10F4O4. The van der Waals surface area contributed by atoms with E-state index in [-0.39, 0.29) is 22.6 Å².